The van der Waals surface area contributed by atoms with Crippen LogP contribution in [0.4, 0.5) is 0 Å². The van der Waals surface area contributed by atoms with Gasteiger partial charge < -0.3 is 20.4 Å². The second kappa shape index (κ2) is 5.65. The van der Waals surface area contributed by atoms with Crippen LogP contribution in [0.1, 0.15) is 41.4 Å². The van der Waals surface area contributed by atoms with Crippen LogP contribution in [0.5, 0.6) is 0 Å². The molecular weight excluding hydrogens is 368 g/mol. The number of hydrogen-bond donors (Lipinski definition) is 4. The Kier molecular flexibility index (Phi) is 3.47. The average Bonchev–Trinajstić information content (AvgIpc) is 2.63. The predicted octanol–water partition coefficient (Wildman–Crippen LogP) is 3.38. The van der Waals surface area contributed by atoms with Gasteiger partial charge >= 0.3 is 23.9 Å². The van der Waals surface area contributed by atoms with Gasteiger partial charge in [-0.25, -0.2) is 19.2 Å². The van der Waals surface area contributed by atoms with Crippen LogP contribution in [0, 0.1) is 0 Å². The van der Waals surface area contributed by atoms with Gasteiger partial charge in [-0.1, -0.05) is 24.3 Å². The molecule has 28 heavy (non-hydrogen) atoms. The molecule has 0 amide bonds. The Morgan fingerprint density at radius 1 is 0.536 bits per heavy atom. The van der Waals surface area contributed by atoms with Crippen LogP contribution in [0.15, 0.2) is 36.4 Å². The number of benzene rings is 4. The number of carboxylic acids is 4. The molecule has 0 spiro atoms. The lowest BCUT2D eigenvalue weighted by Gasteiger charge is -2.16. The second-order valence-corrected chi connectivity index (χ2v) is 6.24. The molecule has 4 aromatic carbocycles. The fraction of sp³-hybridized carbons (Fsp3) is 0. The van der Waals surface area contributed by atoms with E-state index in [9.17, 15) is 39.6 Å². The van der Waals surface area contributed by atoms with Crippen molar-refractivity contribution in [2.75, 3.05) is 0 Å². The normalized spacial score (nSPS) is 11.3. The first-order chi connectivity index (χ1) is 13.2. The van der Waals surface area contributed by atoms with Crippen LogP contribution in [-0.4, -0.2) is 44.3 Å². The number of carbonyl (C=O) groups is 4. The van der Waals surface area contributed by atoms with Crippen LogP contribution >= 0.6 is 0 Å². The summed E-state index contributed by atoms with van der Waals surface area (Å²) in [6.45, 7) is 0. The highest BCUT2D eigenvalue weighted by atomic mass is 16.4. The van der Waals surface area contributed by atoms with Gasteiger partial charge in [0.2, 0.25) is 0 Å². The number of carboxylic acid groups (broad SMARTS) is 4. The van der Waals surface area contributed by atoms with Gasteiger partial charge in [-0.05, 0) is 44.5 Å². The van der Waals surface area contributed by atoms with Gasteiger partial charge in [0.05, 0.1) is 22.3 Å². The van der Waals surface area contributed by atoms with E-state index in [1.165, 1.54) is 36.4 Å². The zero-order valence-electron chi connectivity index (χ0n) is 13.9. The molecule has 0 aliphatic carbocycles. The maximum atomic E-state index is 11.8. The first-order valence-electron chi connectivity index (χ1n) is 7.94. The maximum absolute atomic E-state index is 11.8. The Hall–Kier alpha value is -4.20. The molecule has 8 heteroatoms. The smallest absolute Gasteiger partial charge is 0.337 e. The number of hydrogen-bond acceptors (Lipinski definition) is 4. The Morgan fingerprint density at radius 3 is 1.18 bits per heavy atom. The summed E-state index contributed by atoms with van der Waals surface area (Å²) < 4.78 is 0. The first-order valence-corrected chi connectivity index (χ1v) is 7.94. The molecule has 0 aliphatic rings. The van der Waals surface area contributed by atoms with E-state index < -0.39 is 35.0 Å². The number of rotatable bonds is 4. The van der Waals surface area contributed by atoms with Gasteiger partial charge in [0.1, 0.15) is 0 Å². The van der Waals surface area contributed by atoms with Gasteiger partial charge in [-0.2, -0.15) is 0 Å². The van der Waals surface area contributed by atoms with Gasteiger partial charge in [-0.3, -0.25) is 0 Å². The van der Waals surface area contributed by atoms with Gasteiger partial charge in [0.15, 0.2) is 0 Å². The van der Waals surface area contributed by atoms with E-state index in [4.69, 9.17) is 0 Å². The molecule has 8 nitrogen and oxygen atoms in total. The minimum atomic E-state index is -1.43. The quantitative estimate of drug-likeness (QED) is 0.395. The SMILES string of the molecule is O=C(O)c1cc2ccc3c(C(=O)O)c(C(=O)O)cc4ccc(c1C(=O)O)c2c43. The molecule has 0 radical (unpaired) electrons. The van der Waals surface area contributed by atoms with E-state index in [1.54, 1.807) is 0 Å². The molecule has 0 heterocycles. The van der Waals surface area contributed by atoms with E-state index >= 15 is 0 Å². The largest absolute Gasteiger partial charge is 0.478 e. The lowest BCUT2D eigenvalue weighted by atomic mass is 9.86. The van der Waals surface area contributed by atoms with Gasteiger partial charge in [0.25, 0.3) is 0 Å². The maximum Gasteiger partial charge on any atom is 0.337 e. The topological polar surface area (TPSA) is 149 Å². The van der Waals surface area contributed by atoms with E-state index in [2.05, 4.69) is 0 Å². The van der Waals surface area contributed by atoms with Gasteiger partial charge in [-0.15, -0.1) is 0 Å². The zero-order chi connectivity index (χ0) is 20.3. The summed E-state index contributed by atoms with van der Waals surface area (Å²) in [6, 6.07) is 8.18. The average molecular weight is 378 g/mol. The Labute approximate surface area is 155 Å². The summed E-state index contributed by atoms with van der Waals surface area (Å²) in [4.78, 5) is 46.6. The van der Waals surface area contributed by atoms with Crippen molar-refractivity contribution in [1.29, 1.82) is 0 Å². The van der Waals surface area contributed by atoms with Crippen LogP contribution in [-0.2, 0) is 0 Å². The standard InChI is InChI=1S/C20H10O8/c21-17(22)11-5-7-1-3-9-14-8(6-12(18(23)24)15(9)19(25)26)2-4-10(13(7)14)16(11)20(27)28/h1-6H,(H,21,22)(H,23,24)(H,25,26)(H,27,28). The first kappa shape index (κ1) is 17.2. The van der Waals surface area contributed by atoms with E-state index in [1.807, 2.05) is 0 Å². The third kappa shape index (κ3) is 2.18. The van der Waals surface area contributed by atoms with E-state index in [-0.39, 0.29) is 21.9 Å². The van der Waals surface area contributed by atoms with E-state index in [0.717, 1.165) is 0 Å². The van der Waals surface area contributed by atoms with Crippen molar-refractivity contribution in [3.63, 3.8) is 0 Å². The molecule has 138 valence electrons. The third-order valence-electron chi connectivity index (χ3n) is 4.79. The van der Waals surface area contributed by atoms with Crippen molar-refractivity contribution in [3.8, 4) is 0 Å². The monoisotopic (exact) mass is 378 g/mol. The van der Waals surface area contributed by atoms with E-state index in [0.29, 0.717) is 21.5 Å². The Balaban J connectivity index is 2.33. The van der Waals surface area contributed by atoms with Crippen molar-refractivity contribution in [2.24, 2.45) is 0 Å². The van der Waals surface area contributed by atoms with Crippen molar-refractivity contribution in [2.45, 2.75) is 0 Å². The molecule has 4 N–H and O–H groups in total. The second-order valence-electron chi connectivity index (χ2n) is 6.24. The molecule has 0 saturated heterocycles. The molecule has 0 aromatic heterocycles. The summed E-state index contributed by atoms with van der Waals surface area (Å²) in [5, 5.41) is 39.8. The minimum absolute atomic E-state index is 0.139. The van der Waals surface area contributed by atoms with Crippen LogP contribution in [0.2, 0.25) is 0 Å². The fourth-order valence-electron chi connectivity index (χ4n) is 3.75. The Bertz CT molecular complexity index is 1260. The van der Waals surface area contributed by atoms with Crippen molar-refractivity contribution in [1.82, 2.24) is 0 Å². The summed E-state index contributed by atoms with van der Waals surface area (Å²) in [5.41, 5.74) is -1.59. The molecule has 0 unspecified atom stereocenters. The number of aromatic carboxylic acids is 4. The molecule has 0 saturated carbocycles. The van der Waals surface area contributed by atoms with Crippen LogP contribution in [0.25, 0.3) is 32.3 Å². The highest BCUT2D eigenvalue weighted by molar-refractivity contribution is 6.31. The molecular formula is C20H10O8. The highest BCUT2D eigenvalue weighted by Gasteiger charge is 2.26. The summed E-state index contributed by atoms with van der Waals surface area (Å²) in [5.74, 6) is -5.66. The lowest BCUT2D eigenvalue weighted by molar-refractivity contribution is 0.0653. The molecule has 4 rings (SSSR count). The zero-order valence-corrected chi connectivity index (χ0v) is 13.9. The third-order valence-corrected chi connectivity index (χ3v) is 4.79. The lowest BCUT2D eigenvalue weighted by Crippen LogP contribution is -2.11. The minimum Gasteiger partial charge on any atom is -0.478 e. The van der Waals surface area contributed by atoms with Crippen LogP contribution in [0.3, 0.4) is 0 Å². The van der Waals surface area contributed by atoms with Gasteiger partial charge in [0, 0.05) is 0 Å². The molecule has 0 fully saturated rings. The van der Waals surface area contributed by atoms with Crippen molar-refractivity contribution in [3.05, 3.63) is 58.7 Å². The summed E-state index contributed by atoms with van der Waals surface area (Å²) >= 11 is 0. The highest BCUT2D eigenvalue weighted by Crippen LogP contribution is 2.39. The predicted molar refractivity (Wildman–Crippen MR) is 98.0 cm³/mol. The molecule has 4 aromatic rings. The summed E-state index contributed by atoms with van der Waals surface area (Å²) in [7, 11) is 0. The van der Waals surface area contributed by atoms with Crippen molar-refractivity contribution < 1.29 is 39.6 Å². The van der Waals surface area contributed by atoms with Crippen molar-refractivity contribution >= 4 is 56.2 Å². The summed E-state index contributed by atoms with van der Waals surface area (Å²) in [6.07, 6.45) is 0. The van der Waals surface area contributed by atoms with Crippen LogP contribution < -0.4 is 0 Å². The molecule has 0 atom stereocenters. The molecule has 0 bridgehead atoms. The fourth-order valence-corrected chi connectivity index (χ4v) is 3.75. The Morgan fingerprint density at radius 2 is 0.893 bits per heavy atom. The molecule has 0 aliphatic heterocycles.